The third-order valence-corrected chi connectivity index (χ3v) is 3.62. The van der Waals surface area contributed by atoms with Gasteiger partial charge < -0.3 is 13.7 Å². The highest BCUT2D eigenvalue weighted by molar-refractivity contribution is 6.54. The molecule has 1 saturated heterocycles. The van der Waals surface area contributed by atoms with E-state index < -0.39 is 0 Å². The summed E-state index contributed by atoms with van der Waals surface area (Å²) in [5.41, 5.74) is 0.412. The summed E-state index contributed by atoms with van der Waals surface area (Å²) < 4.78 is 16.9. The van der Waals surface area contributed by atoms with E-state index in [0.717, 1.165) is 29.0 Å². The van der Waals surface area contributed by atoms with E-state index in [0.29, 0.717) is 0 Å². The van der Waals surface area contributed by atoms with Crippen LogP contribution >= 0.6 is 0 Å². The zero-order valence-corrected chi connectivity index (χ0v) is 12.4. The van der Waals surface area contributed by atoms with Crippen molar-refractivity contribution in [2.24, 2.45) is 0 Å². The summed E-state index contributed by atoms with van der Waals surface area (Å²) in [5.74, 6) is 0. The molecule has 0 N–H and O–H groups in total. The molecule has 0 saturated carbocycles. The Balaban J connectivity index is 2.59. The van der Waals surface area contributed by atoms with Crippen molar-refractivity contribution in [1.82, 2.24) is 0 Å². The molecule has 1 heterocycles. The molecule has 0 unspecified atom stereocenters. The molecule has 3 nitrogen and oxygen atoms in total. The van der Waals surface area contributed by atoms with Crippen LogP contribution in [0.25, 0.3) is 0 Å². The van der Waals surface area contributed by atoms with Gasteiger partial charge in [-0.3, -0.25) is 0 Å². The van der Waals surface area contributed by atoms with Crippen molar-refractivity contribution in [3.63, 3.8) is 0 Å². The van der Waals surface area contributed by atoms with E-state index in [4.69, 9.17) is 13.7 Å². The van der Waals surface area contributed by atoms with Gasteiger partial charge in [-0.25, -0.2) is 0 Å². The summed E-state index contributed by atoms with van der Waals surface area (Å²) in [7, 11) is 0.481. The van der Waals surface area contributed by atoms with Crippen molar-refractivity contribution in [1.29, 1.82) is 0 Å². The average molecular weight is 228 g/mol. The van der Waals surface area contributed by atoms with Crippen LogP contribution in [0.5, 0.6) is 0 Å². The maximum absolute atomic E-state index is 5.86. The van der Waals surface area contributed by atoms with E-state index in [2.05, 4.69) is 6.58 Å². The largest absolute Gasteiger partial charge is 0.490 e. The Labute approximate surface area is 95.9 Å². The minimum absolute atomic E-state index is 0.275. The Bertz CT molecular complexity index is 237. The van der Waals surface area contributed by atoms with Gasteiger partial charge in [-0.2, -0.15) is 0 Å². The lowest BCUT2D eigenvalue weighted by atomic mass is 9.78. The van der Waals surface area contributed by atoms with Gasteiger partial charge in [0.1, 0.15) is 10.5 Å². The smallest absolute Gasteiger partial charge is 0.428 e. The lowest BCUT2D eigenvalue weighted by molar-refractivity contribution is 0.00578. The van der Waals surface area contributed by atoms with Gasteiger partial charge in [0.2, 0.25) is 0 Å². The van der Waals surface area contributed by atoms with E-state index in [9.17, 15) is 0 Å². The lowest BCUT2D eigenvalue weighted by Crippen LogP contribution is -2.41. The van der Waals surface area contributed by atoms with E-state index in [-0.39, 0.29) is 18.3 Å². The Morgan fingerprint density at radius 3 is 2.13 bits per heavy atom. The Kier molecular flexibility index (Phi) is 3.81. The number of rotatable bonds is 4. The molecule has 0 bridgehead atoms. The normalized spacial score (nSPS) is 23.3. The highest BCUT2D eigenvalue weighted by Gasteiger charge is 2.51. The fourth-order valence-electron chi connectivity index (χ4n) is 1.36. The van der Waals surface area contributed by atoms with Crippen LogP contribution in [0.4, 0.5) is 0 Å². The van der Waals surface area contributed by atoms with E-state index >= 15 is 0 Å². The first-order chi connectivity index (χ1) is 6.80. The second-order valence-corrected chi connectivity index (χ2v) is 5.57. The van der Waals surface area contributed by atoms with Crippen LogP contribution in [0.2, 0.25) is 0 Å². The average Bonchev–Trinajstić information content (AvgIpc) is 2.32. The summed E-state index contributed by atoms with van der Waals surface area (Å²) >= 11 is 0. The fraction of sp³-hybridized carbons (Fsp3) is 0.800. The summed E-state index contributed by atoms with van der Waals surface area (Å²) in [6.45, 7) is 12.9. The predicted molar refractivity (Wildman–Crippen MR) is 65.7 cm³/mol. The maximum Gasteiger partial charge on any atom is 0.490 e. The van der Waals surface area contributed by atoms with Crippen LogP contribution in [-0.2, 0) is 13.7 Å². The highest BCUT2D eigenvalue weighted by Crippen LogP contribution is 2.38. The first-order valence-electron chi connectivity index (χ1n) is 5.32. The van der Waals surface area contributed by atoms with Gasteiger partial charge in [0, 0.05) is 6.61 Å². The molecular weight excluding hydrogens is 207 g/mol. The summed E-state index contributed by atoms with van der Waals surface area (Å²) in [5, 5.41) is 0. The maximum atomic E-state index is 5.86. The van der Waals surface area contributed by atoms with Crippen LogP contribution in [0.1, 0.15) is 34.1 Å². The summed E-state index contributed by atoms with van der Waals surface area (Å²) in [4.78, 5) is 0. The summed E-state index contributed by atoms with van der Waals surface area (Å²) in [6.07, 6.45) is 0.806. The zero-order valence-electron chi connectivity index (χ0n) is 10.4. The first kappa shape index (κ1) is 13.0. The molecule has 0 radical (unpaired) electrons. The fourth-order valence-corrected chi connectivity index (χ4v) is 1.56. The van der Waals surface area contributed by atoms with Gasteiger partial charge in [0.05, 0.1) is 11.2 Å². The second kappa shape index (κ2) is 4.41. The SMILES string of the molecule is C=C(CCO[SiH3])B1OC(C)(C)C(C)(C)O1. The third kappa shape index (κ3) is 2.72. The van der Waals surface area contributed by atoms with Crippen LogP contribution in [0, 0.1) is 0 Å². The third-order valence-electron chi connectivity index (χ3n) is 3.21. The Morgan fingerprint density at radius 2 is 1.73 bits per heavy atom. The van der Waals surface area contributed by atoms with Crippen molar-refractivity contribution < 1.29 is 13.7 Å². The molecule has 0 aromatic rings. The molecule has 1 rings (SSSR count). The number of hydrogen-bond acceptors (Lipinski definition) is 3. The second-order valence-electron chi connectivity index (χ2n) is 4.99. The molecule has 86 valence electrons. The minimum Gasteiger partial charge on any atom is -0.428 e. The highest BCUT2D eigenvalue weighted by atomic mass is 28.2. The molecule has 0 amide bonds. The minimum atomic E-state index is -0.285. The topological polar surface area (TPSA) is 27.7 Å². The molecule has 0 atom stereocenters. The van der Waals surface area contributed by atoms with Gasteiger partial charge in [0.15, 0.2) is 0 Å². The lowest BCUT2D eigenvalue weighted by Gasteiger charge is -2.32. The molecule has 0 aliphatic carbocycles. The Hall–Kier alpha value is -0.0982. The molecule has 15 heavy (non-hydrogen) atoms. The standard InChI is InChI=1S/C10H21BO3Si/c1-8(6-7-12-15)11-13-9(2,3)10(4,5)14-11/h1,6-7H2,2-5,15H3. The summed E-state index contributed by atoms with van der Waals surface area (Å²) in [6, 6.07) is 0. The van der Waals surface area contributed by atoms with Crippen LogP contribution < -0.4 is 0 Å². The molecular formula is C10H21BO3Si. The van der Waals surface area contributed by atoms with Crippen molar-refractivity contribution in [2.75, 3.05) is 6.61 Å². The molecule has 0 spiro atoms. The van der Waals surface area contributed by atoms with Gasteiger partial charge in [-0.1, -0.05) is 0 Å². The van der Waals surface area contributed by atoms with Crippen molar-refractivity contribution in [3.8, 4) is 0 Å². The van der Waals surface area contributed by atoms with E-state index in [1.807, 2.05) is 27.7 Å². The van der Waals surface area contributed by atoms with Gasteiger partial charge in [-0.15, -0.1) is 6.58 Å². The van der Waals surface area contributed by atoms with Crippen molar-refractivity contribution in [3.05, 3.63) is 12.1 Å². The van der Waals surface area contributed by atoms with Gasteiger partial charge >= 0.3 is 7.12 Å². The molecule has 0 aromatic carbocycles. The first-order valence-corrected chi connectivity index (χ1v) is 6.14. The zero-order chi connectivity index (χ0) is 11.7. The molecule has 1 aliphatic heterocycles. The number of hydrogen-bond donors (Lipinski definition) is 0. The molecule has 1 aliphatic rings. The monoisotopic (exact) mass is 228 g/mol. The molecule has 5 heteroatoms. The van der Waals surface area contributed by atoms with E-state index in [1.165, 1.54) is 0 Å². The van der Waals surface area contributed by atoms with Gasteiger partial charge in [0.25, 0.3) is 0 Å². The molecule has 1 fully saturated rings. The van der Waals surface area contributed by atoms with Crippen LogP contribution in [0.15, 0.2) is 12.1 Å². The van der Waals surface area contributed by atoms with Crippen LogP contribution in [-0.4, -0.2) is 35.4 Å². The molecule has 0 aromatic heterocycles. The Morgan fingerprint density at radius 1 is 1.27 bits per heavy atom. The quantitative estimate of drug-likeness (QED) is 0.668. The van der Waals surface area contributed by atoms with Crippen molar-refractivity contribution >= 4 is 17.6 Å². The van der Waals surface area contributed by atoms with Crippen molar-refractivity contribution in [2.45, 2.75) is 45.3 Å². The van der Waals surface area contributed by atoms with E-state index in [1.54, 1.807) is 0 Å². The van der Waals surface area contributed by atoms with Gasteiger partial charge in [-0.05, 0) is 39.6 Å². The predicted octanol–water partition coefficient (Wildman–Crippen LogP) is 0.861. The van der Waals surface area contributed by atoms with Crippen LogP contribution in [0.3, 0.4) is 0 Å².